The highest BCUT2D eigenvalue weighted by Crippen LogP contribution is 2.21. The van der Waals surface area contributed by atoms with Crippen LogP contribution in [-0.4, -0.2) is 21.9 Å². The molecule has 1 heterocycles. The molecule has 0 aliphatic heterocycles. The monoisotopic (exact) mass is 389 g/mol. The summed E-state index contributed by atoms with van der Waals surface area (Å²) in [6.45, 7) is 2.07. The van der Waals surface area contributed by atoms with Crippen molar-refractivity contribution in [3.8, 4) is 5.75 Å². The van der Waals surface area contributed by atoms with Gasteiger partial charge in [-0.05, 0) is 36.8 Å². The normalized spacial score (nSPS) is 10.5. The number of benzene rings is 2. The molecule has 1 aromatic heterocycles. The van der Waals surface area contributed by atoms with Gasteiger partial charge in [0.15, 0.2) is 6.61 Å². The van der Waals surface area contributed by atoms with Crippen LogP contribution in [0.15, 0.2) is 58.2 Å². The van der Waals surface area contributed by atoms with Crippen LogP contribution in [0.1, 0.15) is 11.5 Å². The Morgan fingerprint density at radius 2 is 2.04 bits per heavy atom. The molecule has 3 aromatic rings. The van der Waals surface area contributed by atoms with Gasteiger partial charge in [0.05, 0.1) is 5.75 Å². The molecular formula is C18H16ClN3O3S. The summed E-state index contributed by atoms with van der Waals surface area (Å²) >= 11 is 7.20. The Morgan fingerprint density at radius 1 is 1.23 bits per heavy atom. The number of carbonyl (C=O) groups is 1. The van der Waals surface area contributed by atoms with Crippen molar-refractivity contribution in [2.24, 2.45) is 0 Å². The number of nitrogens with one attached hydrogen (secondary N) is 1. The highest BCUT2D eigenvalue weighted by atomic mass is 35.5. The lowest BCUT2D eigenvalue weighted by Crippen LogP contribution is -2.14. The summed E-state index contributed by atoms with van der Waals surface area (Å²) in [6.07, 6.45) is 0. The van der Waals surface area contributed by atoms with E-state index in [4.69, 9.17) is 20.8 Å². The maximum absolute atomic E-state index is 12.0. The number of amides is 1. The van der Waals surface area contributed by atoms with E-state index in [1.165, 1.54) is 0 Å². The fourth-order valence-corrected chi connectivity index (χ4v) is 2.77. The van der Waals surface area contributed by atoms with Crippen LogP contribution in [0.25, 0.3) is 0 Å². The van der Waals surface area contributed by atoms with Gasteiger partial charge in [-0.1, -0.05) is 47.6 Å². The maximum atomic E-state index is 12.0. The Labute approximate surface area is 159 Å². The molecule has 8 heteroatoms. The summed E-state index contributed by atoms with van der Waals surface area (Å²) in [6, 6.07) is 14.7. The number of aromatic nitrogens is 2. The van der Waals surface area contributed by atoms with E-state index in [1.54, 1.807) is 12.1 Å². The largest absolute Gasteiger partial charge is 0.484 e. The number of hydrogen-bond donors (Lipinski definition) is 1. The molecule has 1 amide bonds. The molecule has 0 saturated heterocycles. The fourth-order valence-electron chi connectivity index (χ4n) is 2.01. The smallest absolute Gasteiger partial charge is 0.277 e. The molecule has 0 aliphatic rings. The average molecular weight is 390 g/mol. The quantitative estimate of drug-likeness (QED) is 0.605. The highest BCUT2D eigenvalue weighted by Gasteiger charge is 2.11. The molecule has 0 aliphatic carbocycles. The van der Waals surface area contributed by atoms with Gasteiger partial charge >= 0.3 is 0 Å². The van der Waals surface area contributed by atoms with Gasteiger partial charge in [0.2, 0.25) is 5.91 Å². The first-order chi connectivity index (χ1) is 12.6. The van der Waals surface area contributed by atoms with Gasteiger partial charge in [0.1, 0.15) is 5.75 Å². The molecule has 0 unspecified atom stereocenters. The third-order valence-corrected chi connectivity index (χ3v) is 4.56. The molecule has 134 valence electrons. The van der Waals surface area contributed by atoms with Crippen LogP contribution in [0.5, 0.6) is 5.75 Å². The average Bonchev–Trinajstić information content (AvgIpc) is 3.10. The molecule has 26 heavy (non-hydrogen) atoms. The van der Waals surface area contributed by atoms with Gasteiger partial charge in [-0.15, -0.1) is 10.2 Å². The van der Waals surface area contributed by atoms with Crippen molar-refractivity contribution in [1.29, 1.82) is 0 Å². The van der Waals surface area contributed by atoms with Crippen LogP contribution in [0, 0.1) is 6.92 Å². The zero-order valence-electron chi connectivity index (χ0n) is 13.9. The second-order valence-electron chi connectivity index (χ2n) is 5.36. The van der Waals surface area contributed by atoms with Crippen LogP contribution in [-0.2, 0) is 11.4 Å². The molecule has 0 atom stereocenters. The van der Waals surface area contributed by atoms with Gasteiger partial charge in [-0.3, -0.25) is 4.79 Å². The van der Waals surface area contributed by atoms with Crippen molar-refractivity contribution in [2.75, 3.05) is 11.1 Å². The second kappa shape index (κ2) is 8.73. The topological polar surface area (TPSA) is 77.2 Å². The fraction of sp³-hybridized carbons (Fsp3) is 0.167. The minimum atomic E-state index is -0.185. The Hall–Kier alpha value is -2.51. The Balaban J connectivity index is 1.46. The van der Waals surface area contributed by atoms with E-state index in [1.807, 2.05) is 43.3 Å². The van der Waals surface area contributed by atoms with Crippen molar-refractivity contribution >= 4 is 35.0 Å². The van der Waals surface area contributed by atoms with Crippen molar-refractivity contribution in [3.63, 3.8) is 0 Å². The van der Waals surface area contributed by atoms with E-state index in [-0.39, 0.29) is 18.3 Å². The van der Waals surface area contributed by atoms with Gasteiger partial charge in [0, 0.05) is 10.7 Å². The molecule has 3 rings (SSSR count). The summed E-state index contributed by atoms with van der Waals surface area (Å²) in [4.78, 5) is 12.0. The second-order valence-corrected chi connectivity index (χ2v) is 6.70. The van der Waals surface area contributed by atoms with E-state index in [0.717, 1.165) is 23.1 Å². The van der Waals surface area contributed by atoms with E-state index < -0.39 is 0 Å². The molecule has 0 fully saturated rings. The minimum absolute atomic E-state index is 0.146. The standard InChI is InChI=1S/C18H16ClN3O3S/c1-12-7-8-13(9-15(12)19)20-16(23)11-26-18-22-21-17(25-18)10-24-14-5-3-2-4-6-14/h2-9H,10-11H2,1H3,(H,20,23). The van der Waals surface area contributed by atoms with Gasteiger partial charge < -0.3 is 14.5 Å². The first-order valence-corrected chi connectivity index (χ1v) is 9.15. The molecule has 0 bridgehead atoms. The van der Waals surface area contributed by atoms with Gasteiger partial charge in [-0.2, -0.15) is 0 Å². The van der Waals surface area contributed by atoms with Crippen molar-refractivity contribution < 1.29 is 13.9 Å². The number of aryl methyl sites for hydroxylation is 1. The number of para-hydroxylation sites is 1. The SMILES string of the molecule is Cc1ccc(NC(=O)CSc2nnc(COc3ccccc3)o2)cc1Cl. The number of anilines is 1. The summed E-state index contributed by atoms with van der Waals surface area (Å²) in [5.74, 6) is 1.03. The summed E-state index contributed by atoms with van der Waals surface area (Å²) in [5.41, 5.74) is 1.60. The van der Waals surface area contributed by atoms with Gasteiger partial charge in [0.25, 0.3) is 11.1 Å². The first-order valence-electron chi connectivity index (χ1n) is 7.79. The predicted octanol–water partition coefficient (Wildman–Crippen LogP) is 4.34. The zero-order valence-corrected chi connectivity index (χ0v) is 15.5. The molecule has 0 saturated carbocycles. The molecule has 0 spiro atoms. The van der Waals surface area contributed by atoms with E-state index in [0.29, 0.717) is 21.8 Å². The molecule has 6 nitrogen and oxygen atoms in total. The molecule has 2 aromatic carbocycles. The number of thioether (sulfide) groups is 1. The third-order valence-electron chi connectivity index (χ3n) is 3.34. The number of nitrogens with zero attached hydrogens (tertiary/aromatic N) is 2. The number of halogens is 1. The van der Waals surface area contributed by atoms with Crippen LogP contribution in [0.3, 0.4) is 0 Å². The highest BCUT2D eigenvalue weighted by molar-refractivity contribution is 7.99. The number of rotatable bonds is 7. The molecule has 0 radical (unpaired) electrons. The lowest BCUT2D eigenvalue weighted by Gasteiger charge is -2.05. The predicted molar refractivity (Wildman–Crippen MR) is 101 cm³/mol. The van der Waals surface area contributed by atoms with Crippen molar-refractivity contribution in [3.05, 3.63) is 65.0 Å². The third kappa shape index (κ3) is 5.24. The van der Waals surface area contributed by atoms with E-state index in [9.17, 15) is 4.79 Å². The minimum Gasteiger partial charge on any atom is -0.484 e. The zero-order chi connectivity index (χ0) is 18.4. The lowest BCUT2D eigenvalue weighted by molar-refractivity contribution is -0.113. The number of carbonyl (C=O) groups excluding carboxylic acids is 1. The Morgan fingerprint density at radius 3 is 2.81 bits per heavy atom. The van der Waals surface area contributed by atoms with Crippen molar-refractivity contribution in [1.82, 2.24) is 10.2 Å². The maximum Gasteiger partial charge on any atom is 0.277 e. The summed E-state index contributed by atoms with van der Waals surface area (Å²) in [7, 11) is 0. The van der Waals surface area contributed by atoms with Crippen LogP contribution in [0.4, 0.5) is 5.69 Å². The lowest BCUT2D eigenvalue weighted by atomic mass is 10.2. The Kier molecular flexibility index (Phi) is 6.14. The summed E-state index contributed by atoms with van der Waals surface area (Å²) in [5, 5.41) is 11.5. The van der Waals surface area contributed by atoms with Gasteiger partial charge in [-0.25, -0.2) is 0 Å². The first kappa shape index (κ1) is 18.3. The van der Waals surface area contributed by atoms with Crippen LogP contribution in [0.2, 0.25) is 5.02 Å². The van der Waals surface area contributed by atoms with Crippen molar-refractivity contribution in [2.45, 2.75) is 18.8 Å². The van der Waals surface area contributed by atoms with Crippen LogP contribution < -0.4 is 10.1 Å². The Bertz CT molecular complexity index is 886. The molecular weight excluding hydrogens is 374 g/mol. The van der Waals surface area contributed by atoms with E-state index >= 15 is 0 Å². The number of hydrogen-bond acceptors (Lipinski definition) is 6. The number of ether oxygens (including phenoxy) is 1. The van der Waals surface area contributed by atoms with E-state index in [2.05, 4.69) is 15.5 Å². The van der Waals surface area contributed by atoms with Crippen LogP contribution >= 0.6 is 23.4 Å². The molecule has 1 N–H and O–H groups in total. The summed E-state index contributed by atoms with van der Waals surface area (Å²) < 4.78 is 11.0.